The summed E-state index contributed by atoms with van der Waals surface area (Å²) in [6.07, 6.45) is -3.89. The number of aliphatic hydroxyl groups is 3. The van der Waals surface area contributed by atoms with Crippen molar-refractivity contribution in [2.75, 3.05) is 27.3 Å². The first-order valence-electron chi connectivity index (χ1n) is 26.8. The minimum atomic E-state index is -1.86. The van der Waals surface area contributed by atoms with Crippen molar-refractivity contribution < 1.29 is 108 Å². The van der Waals surface area contributed by atoms with Gasteiger partial charge in [-0.25, -0.2) is 35.1 Å². The number of esters is 3. The Bertz CT molecular complexity index is 2580. The molecule has 0 aromatic heterocycles. The predicted molar refractivity (Wildman–Crippen MR) is 278 cm³/mol. The molecule has 2 saturated heterocycles. The fraction of sp³-hybridized carbons (Fsp3) is 0.589. The Balaban J connectivity index is 0.000000445. The van der Waals surface area contributed by atoms with Crippen LogP contribution in [0.1, 0.15) is 111 Å². The molecule has 27 heteroatoms. The third-order valence-electron chi connectivity index (χ3n) is 13.7. The molecular weight excluding hydrogens is 1120 g/mol. The highest BCUT2D eigenvalue weighted by molar-refractivity contribution is 5.91. The molecule has 83 heavy (non-hydrogen) atoms. The van der Waals surface area contributed by atoms with Crippen LogP contribution in [0.25, 0.3) is 0 Å². The van der Waals surface area contributed by atoms with Crippen LogP contribution in [0.5, 0.6) is 0 Å². The van der Waals surface area contributed by atoms with E-state index in [0.29, 0.717) is 32.1 Å². The first-order valence-corrected chi connectivity index (χ1v) is 26.8. The maximum atomic E-state index is 14.4. The van der Waals surface area contributed by atoms with Gasteiger partial charge in [0.2, 0.25) is 11.8 Å². The molecule has 0 bridgehead atoms. The van der Waals surface area contributed by atoms with Gasteiger partial charge in [-0.15, -0.1) is 0 Å². The highest BCUT2D eigenvalue weighted by Crippen LogP contribution is 2.27. The molecule has 2 unspecified atom stereocenters. The van der Waals surface area contributed by atoms with E-state index < -0.39 is 173 Å². The molecule has 2 aliphatic heterocycles. The van der Waals surface area contributed by atoms with E-state index in [1.165, 1.54) is 12.2 Å². The second-order valence-corrected chi connectivity index (χ2v) is 20.1. The highest BCUT2D eigenvalue weighted by atomic mass is 19.2. The molecule has 0 aliphatic carbocycles. The summed E-state index contributed by atoms with van der Waals surface area (Å²) in [5.74, 6) is -19.0. The predicted octanol–water partition coefficient (Wildman–Crippen LogP) is 5.59. The Kier molecular flexibility index (Phi) is 28.7. The Labute approximate surface area is 475 Å². The molecule has 2 heterocycles. The van der Waals surface area contributed by atoms with E-state index in [1.807, 2.05) is 27.7 Å². The number of nitrogens with zero attached hydrogens (tertiary/aromatic N) is 2. The first-order chi connectivity index (χ1) is 39.0. The van der Waals surface area contributed by atoms with Gasteiger partial charge in [0.1, 0.15) is 30.4 Å². The molecule has 12 atom stereocenters. The van der Waals surface area contributed by atoms with Crippen LogP contribution in [0.15, 0.2) is 36.4 Å². The first kappa shape index (κ1) is 70.7. The fourth-order valence-corrected chi connectivity index (χ4v) is 8.78. The number of nitrogens with one attached hydrogen (secondary N) is 2. The normalized spacial score (nSPS) is 19.6. The monoisotopic (exact) mass is 1190 g/mol. The molecular formula is C56H74F8N4O15. The molecule has 2 aromatic rings. The standard InChI is InChI=1S/C31H40F4N2O9.C25H34F4N2O6/c1-7-16(2)11-12-24(44-17(3)38)27(45-18(4)39)28(46-19(5)40)29(43-6)30(41)36-23-10-8-9-13-37(31(23)42)15-20-25(34)21(32)14-22(33)26(20)35;1-4-13(2)8-9-18(32)21(33)22(34)23(37-3)24(35)30-17-7-5-6-10-31(25(17)36)12-14-19(28)15(26)11-16(27)20(14)29/h11-12,14,16,23-24,27-29H,7-10,13,15H2,1-6H3,(H,36,41);8-9,11,13,17-18,21-23,32-34H,4-7,10,12H2,1-3H3,(H,30,35)/b12-11+;9-8+/t16?,23-,24+,27-,28+,29+;13?,17-,18+,21-,22+,23+/m00/s1. The molecule has 464 valence electrons. The smallest absolute Gasteiger partial charge is 0.303 e. The molecule has 0 radical (unpaired) electrons. The lowest BCUT2D eigenvalue weighted by molar-refractivity contribution is -0.192. The van der Waals surface area contributed by atoms with Crippen molar-refractivity contribution in [3.05, 3.63) is 94.1 Å². The van der Waals surface area contributed by atoms with Gasteiger partial charge in [0.05, 0.1) is 13.1 Å². The van der Waals surface area contributed by atoms with Crippen molar-refractivity contribution >= 4 is 41.5 Å². The van der Waals surface area contributed by atoms with Crippen LogP contribution < -0.4 is 10.6 Å². The van der Waals surface area contributed by atoms with E-state index in [1.54, 1.807) is 12.2 Å². The minimum Gasteiger partial charge on any atom is -0.455 e. The van der Waals surface area contributed by atoms with Gasteiger partial charge < -0.3 is 59.4 Å². The Morgan fingerprint density at radius 2 is 0.940 bits per heavy atom. The van der Waals surface area contributed by atoms with Crippen molar-refractivity contribution in [2.45, 2.75) is 174 Å². The van der Waals surface area contributed by atoms with E-state index in [-0.39, 0.29) is 49.9 Å². The van der Waals surface area contributed by atoms with Crippen LogP contribution >= 0.6 is 0 Å². The number of hydrogen-bond donors (Lipinski definition) is 5. The van der Waals surface area contributed by atoms with Gasteiger partial charge in [-0.3, -0.25) is 33.6 Å². The van der Waals surface area contributed by atoms with E-state index >= 15 is 0 Å². The second-order valence-electron chi connectivity index (χ2n) is 20.1. The number of rotatable bonds is 25. The van der Waals surface area contributed by atoms with Crippen molar-refractivity contribution in [2.24, 2.45) is 11.8 Å². The topological polar surface area (TPSA) is 257 Å². The minimum absolute atomic E-state index is 0.000233. The van der Waals surface area contributed by atoms with Crippen LogP contribution in [-0.4, -0.2) is 155 Å². The molecule has 2 fully saturated rings. The largest absolute Gasteiger partial charge is 0.455 e. The number of likely N-dealkylation sites (tertiary alicyclic amines) is 2. The highest BCUT2D eigenvalue weighted by Gasteiger charge is 2.46. The average Bonchev–Trinajstić information content (AvgIpc) is 3.76. The molecule has 0 spiro atoms. The van der Waals surface area contributed by atoms with Crippen molar-refractivity contribution in [1.82, 2.24) is 20.4 Å². The number of allylic oxidation sites excluding steroid dienone is 2. The molecule has 0 saturated carbocycles. The number of amides is 4. The number of carbonyl (C=O) groups excluding carboxylic acids is 7. The zero-order valence-corrected chi connectivity index (χ0v) is 47.5. The van der Waals surface area contributed by atoms with E-state index in [9.17, 15) is 84.0 Å². The number of benzene rings is 2. The zero-order valence-electron chi connectivity index (χ0n) is 47.5. The lowest BCUT2D eigenvalue weighted by Gasteiger charge is -2.34. The number of hydrogen-bond acceptors (Lipinski definition) is 15. The van der Waals surface area contributed by atoms with Gasteiger partial charge in [-0.05, 0) is 56.4 Å². The Morgan fingerprint density at radius 3 is 1.31 bits per heavy atom. The van der Waals surface area contributed by atoms with Gasteiger partial charge in [0.15, 0.2) is 77.1 Å². The van der Waals surface area contributed by atoms with E-state index in [0.717, 1.165) is 51.2 Å². The molecule has 5 N–H and O–H groups in total. The third kappa shape index (κ3) is 20.3. The van der Waals surface area contributed by atoms with Crippen LogP contribution in [0.4, 0.5) is 35.1 Å². The Hall–Kier alpha value is -6.55. The van der Waals surface area contributed by atoms with Gasteiger partial charge in [0.25, 0.3) is 11.8 Å². The average molecular weight is 1200 g/mol. The number of ether oxygens (including phenoxy) is 5. The number of carbonyl (C=O) groups is 7. The lowest BCUT2D eigenvalue weighted by atomic mass is 9.98. The summed E-state index contributed by atoms with van der Waals surface area (Å²) in [5.41, 5.74) is -1.95. The van der Waals surface area contributed by atoms with Gasteiger partial charge >= 0.3 is 17.9 Å². The van der Waals surface area contributed by atoms with Crippen LogP contribution in [0.3, 0.4) is 0 Å². The lowest BCUT2D eigenvalue weighted by Crippen LogP contribution is -2.58. The third-order valence-corrected chi connectivity index (χ3v) is 13.7. The van der Waals surface area contributed by atoms with Crippen molar-refractivity contribution in [3.63, 3.8) is 0 Å². The second kappa shape index (κ2) is 33.7. The summed E-state index contributed by atoms with van der Waals surface area (Å²) < 4.78 is 139. The van der Waals surface area contributed by atoms with Gasteiger partial charge in [-0.2, -0.15) is 0 Å². The van der Waals surface area contributed by atoms with Crippen LogP contribution in [0, 0.1) is 58.4 Å². The quantitative estimate of drug-likeness (QED) is 0.0267. The Morgan fingerprint density at radius 1 is 0.566 bits per heavy atom. The van der Waals surface area contributed by atoms with Crippen molar-refractivity contribution in [1.29, 1.82) is 0 Å². The molecule has 2 aromatic carbocycles. The van der Waals surface area contributed by atoms with Crippen molar-refractivity contribution in [3.8, 4) is 0 Å². The van der Waals surface area contributed by atoms with E-state index in [2.05, 4.69) is 10.6 Å². The molecule has 4 rings (SSSR count). The fourth-order valence-electron chi connectivity index (χ4n) is 8.78. The maximum Gasteiger partial charge on any atom is 0.303 e. The van der Waals surface area contributed by atoms with Crippen LogP contribution in [0.2, 0.25) is 0 Å². The summed E-state index contributed by atoms with van der Waals surface area (Å²) in [7, 11) is 2.18. The summed E-state index contributed by atoms with van der Waals surface area (Å²) >= 11 is 0. The van der Waals surface area contributed by atoms with E-state index in [4.69, 9.17) is 23.7 Å². The summed E-state index contributed by atoms with van der Waals surface area (Å²) in [4.78, 5) is 91.3. The molecule has 19 nitrogen and oxygen atoms in total. The number of methoxy groups -OCH3 is 2. The summed E-state index contributed by atoms with van der Waals surface area (Å²) in [5, 5.41) is 35.8. The molecule has 2 aliphatic rings. The molecule has 4 amide bonds. The van der Waals surface area contributed by atoms with Crippen LogP contribution in [-0.2, 0) is 70.3 Å². The van der Waals surface area contributed by atoms with Gasteiger partial charge in [-0.1, -0.05) is 58.8 Å². The SMILES string of the molecule is CCC(C)/C=C/[C@@H](O)[C@H](O)[C@@H](O)[C@@H](OC)C(=O)N[C@H]1CCCCN(Cc2c(F)c(F)cc(F)c2F)C1=O.CCC(C)/C=C/[C@@H](OC(C)=O)[C@H](OC(C)=O)[C@@H](OC(C)=O)[C@@H](OC)C(=O)N[C@H]1CCCCN(Cc2c(F)c(F)cc(F)c2F)C1=O. The number of halogens is 8. The van der Waals surface area contributed by atoms with Gasteiger partial charge in [0, 0.05) is 71.3 Å². The maximum absolute atomic E-state index is 14.4. The number of aliphatic hydroxyl groups excluding tert-OH is 3. The summed E-state index contributed by atoms with van der Waals surface area (Å²) in [6, 6.07) is -2.36. The summed E-state index contributed by atoms with van der Waals surface area (Å²) in [6.45, 7) is 9.19. The zero-order chi connectivity index (χ0) is 62.6.